The van der Waals surface area contributed by atoms with Gasteiger partial charge >= 0.3 is 5.97 Å². The minimum absolute atomic E-state index is 0.0409. The van der Waals surface area contributed by atoms with Crippen molar-refractivity contribution in [1.82, 2.24) is 4.90 Å². The highest BCUT2D eigenvalue weighted by Gasteiger charge is 2.17. The molecule has 4 rings (SSSR count). The molecule has 0 radical (unpaired) electrons. The Morgan fingerprint density at radius 3 is 2.17 bits per heavy atom. The molecule has 0 fully saturated rings. The van der Waals surface area contributed by atoms with E-state index in [4.69, 9.17) is 4.74 Å². The fourth-order valence-corrected chi connectivity index (χ4v) is 4.11. The second-order valence-electron chi connectivity index (χ2n) is 8.20. The van der Waals surface area contributed by atoms with E-state index >= 15 is 0 Å². The maximum atomic E-state index is 13.4. The largest absolute Gasteiger partial charge is 0.496 e. The van der Waals surface area contributed by atoms with Gasteiger partial charge in [0.05, 0.1) is 12.7 Å². The van der Waals surface area contributed by atoms with Gasteiger partial charge in [0.2, 0.25) is 0 Å². The van der Waals surface area contributed by atoms with Crippen molar-refractivity contribution in [3.05, 3.63) is 125 Å². The van der Waals surface area contributed by atoms with E-state index in [1.165, 1.54) is 0 Å². The van der Waals surface area contributed by atoms with E-state index in [0.29, 0.717) is 30.6 Å². The van der Waals surface area contributed by atoms with Crippen LogP contribution < -0.4 is 4.74 Å². The van der Waals surface area contributed by atoms with Crippen LogP contribution in [0.3, 0.4) is 0 Å². The average Bonchev–Trinajstić information content (AvgIpc) is 2.91. The van der Waals surface area contributed by atoms with Gasteiger partial charge in [-0.1, -0.05) is 78.9 Å². The molecule has 1 amide bonds. The van der Waals surface area contributed by atoms with Crippen LogP contribution in [0.25, 0.3) is 11.1 Å². The molecule has 0 spiro atoms. The molecule has 0 aromatic heterocycles. The summed E-state index contributed by atoms with van der Waals surface area (Å²) < 4.78 is 5.48. The van der Waals surface area contributed by atoms with Gasteiger partial charge in [-0.25, -0.2) is 4.79 Å². The Morgan fingerprint density at radius 2 is 1.46 bits per heavy atom. The van der Waals surface area contributed by atoms with Gasteiger partial charge in [0.1, 0.15) is 5.75 Å². The number of hydrogen-bond acceptors (Lipinski definition) is 3. The predicted octanol–water partition coefficient (Wildman–Crippen LogP) is 5.95. The number of hydrogen-bond donors (Lipinski definition) is 1. The minimum atomic E-state index is -0.958. The number of benzene rings is 4. The number of rotatable bonds is 9. The van der Waals surface area contributed by atoms with Gasteiger partial charge in [0.15, 0.2) is 0 Å². The van der Waals surface area contributed by atoms with Gasteiger partial charge in [0.25, 0.3) is 5.91 Å². The van der Waals surface area contributed by atoms with Gasteiger partial charge in [-0.05, 0) is 52.9 Å². The zero-order valence-electron chi connectivity index (χ0n) is 19.6. The number of carboxylic acids is 1. The van der Waals surface area contributed by atoms with E-state index in [1.807, 2.05) is 89.8 Å². The van der Waals surface area contributed by atoms with E-state index < -0.39 is 5.97 Å². The molecule has 0 unspecified atom stereocenters. The van der Waals surface area contributed by atoms with Gasteiger partial charge in [-0.3, -0.25) is 4.79 Å². The Labute approximate surface area is 205 Å². The van der Waals surface area contributed by atoms with Gasteiger partial charge < -0.3 is 14.7 Å². The number of carbonyl (C=O) groups excluding carboxylic acids is 1. The third kappa shape index (κ3) is 5.76. The second-order valence-corrected chi connectivity index (χ2v) is 8.20. The number of nitrogens with zero attached hydrogens (tertiary/aromatic N) is 1. The molecule has 0 heterocycles. The molecule has 35 heavy (non-hydrogen) atoms. The van der Waals surface area contributed by atoms with Crippen molar-refractivity contribution in [3.63, 3.8) is 0 Å². The van der Waals surface area contributed by atoms with Crippen LogP contribution in [0, 0.1) is 0 Å². The van der Waals surface area contributed by atoms with Crippen molar-refractivity contribution in [2.24, 2.45) is 0 Å². The Bertz CT molecular complexity index is 1300. The lowest BCUT2D eigenvalue weighted by atomic mass is 9.98. The van der Waals surface area contributed by atoms with Gasteiger partial charge in [-0.2, -0.15) is 0 Å². The molecule has 176 valence electrons. The van der Waals surface area contributed by atoms with E-state index in [-0.39, 0.29) is 11.5 Å². The molecule has 0 bridgehead atoms. The van der Waals surface area contributed by atoms with Crippen molar-refractivity contribution >= 4 is 11.9 Å². The van der Waals surface area contributed by atoms with Crippen molar-refractivity contribution in [2.45, 2.75) is 13.0 Å². The highest BCUT2D eigenvalue weighted by Crippen LogP contribution is 2.25. The predicted molar refractivity (Wildman–Crippen MR) is 137 cm³/mol. The minimum Gasteiger partial charge on any atom is -0.496 e. The Balaban J connectivity index is 1.57. The molecule has 5 nitrogen and oxygen atoms in total. The lowest BCUT2D eigenvalue weighted by molar-refractivity contribution is 0.0696. The van der Waals surface area contributed by atoms with Crippen LogP contribution in [0.15, 0.2) is 103 Å². The number of amides is 1. The molecule has 0 aliphatic rings. The van der Waals surface area contributed by atoms with Crippen molar-refractivity contribution < 1.29 is 19.4 Å². The third-order valence-corrected chi connectivity index (χ3v) is 5.95. The maximum Gasteiger partial charge on any atom is 0.336 e. The van der Waals surface area contributed by atoms with Gasteiger partial charge in [0, 0.05) is 18.7 Å². The van der Waals surface area contributed by atoms with Crippen LogP contribution in [-0.4, -0.2) is 35.5 Å². The molecule has 0 atom stereocenters. The van der Waals surface area contributed by atoms with Crippen LogP contribution in [0.5, 0.6) is 5.75 Å². The summed E-state index contributed by atoms with van der Waals surface area (Å²) in [5.41, 5.74) is 4.39. The molecule has 4 aromatic rings. The summed E-state index contributed by atoms with van der Waals surface area (Å²) in [6, 6.07) is 31.7. The summed E-state index contributed by atoms with van der Waals surface area (Å²) in [5, 5.41) is 9.51. The fourth-order valence-electron chi connectivity index (χ4n) is 4.11. The Kier molecular flexibility index (Phi) is 7.58. The molecular weight excluding hydrogens is 438 g/mol. The number of ether oxygens (including phenoxy) is 1. The Morgan fingerprint density at radius 1 is 0.800 bits per heavy atom. The first-order chi connectivity index (χ1) is 17.1. The molecule has 0 saturated carbocycles. The first-order valence-electron chi connectivity index (χ1n) is 11.4. The summed E-state index contributed by atoms with van der Waals surface area (Å²) in [7, 11) is 1.65. The number of carbonyl (C=O) groups is 2. The quantitative estimate of drug-likeness (QED) is 0.332. The average molecular weight is 466 g/mol. The normalized spacial score (nSPS) is 10.5. The molecule has 5 heteroatoms. The van der Waals surface area contributed by atoms with Crippen molar-refractivity contribution in [2.75, 3.05) is 13.7 Å². The first-order valence-corrected chi connectivity index (χ1v) is 11.4. The third-order valence-electron chi connectivity index (χ3n) is 5.95. The second kappa shape index (κ2) is 11.2. The highest BCUT2D eigenvalue weighted by molar-refractivity contribution is 5.96. The zero-order chi connectivity index (χ0) is 24.6. The van der Waals surface area contributed by atoms with Crippen LogP contribution in [0.1, 0.15) is 31.8 Å². The van der Waals surface area contributed by atoms with E-state index in [9.17, 15) is 14.7 Å². The van der Waals surface area contributed by atoms with Crippen LogP contribution in [0.4, 0.5) is 0 Å². The molecule has 0 saturated heterocycles. The molecule has 4 aromatic carbocycles. The molecule has 0 aliphatic carbocycles. The van der Waals surface area contributed by atoms with Gasteiger partial charge in [-0.15, -0.1) is 0 Å². The van der Waals surface area contributed by atoms with Crippen LogP contribution >= 0.6 is 0 Å². The summed E-state index contributed by atoms with van der Waals surface area (Å²) in [4.78, 5) is 26.8. The fraction of sp³-hybridized carbons (Fsp3) is 0.133. The summed E-state index contributed by atoms with van der Waals surface area (Å²) in [6.07, 6.45) is 0.659. The topological polar surface area (TPSA) is 66.8 Å². The van der Waals surface area contributed by atoms with E-state index in [1.54, 1.807) is 25.3 Å². The first kappa shape index (κ1) is 23.8. The molecular formula is C30H27NO4. The SMILES string of the molecule is COc1ccccc1CCN(Cc1ccc(-c2ccccc2C(=O)O)cc1)C(=O)c1ccccc1. The van der Waals surface area contributed by atoms with E-state index in [2.05, 4.69) is 0 Å². The van der Waals surface area contributed by atoms with E-state index in [0.717, 1.165) is 22.4 Å². The van der Waals surface area contributed by atoms with Crippen molar-refractivity contribution in [3.8, 4) is 16.9 Å². The van der Waals surface area contributed by atoms with Crippen LogP contribution in [0.2, 0.25) is 0 Å². The number of carboxylic acid groups (broad SMARTS) is 1. The smallest absolute Gasteiger partial charge is 0.336 e. The zero-order valence-corrected chi connectivity index (χ0v) is 19.6. The summed E-state index contributed by atoms with van der Waals surface area (Å²) >= 11 is 0. The summed E-state index contributed by atoms with van der Waals surface area (Å²) in [5.74, 6) is -0.192. The standard InChI is InChI=1S/C30H27NO4/c1-35-28-14-8-5-9-24(28)19-20-31(29(32)25-10-3-2-4-11-25)21-22-15-17-23(18-16-22)26-12-6-7-13-27(26)30(33)34/h2-18H,19-21H2,1H3,(H,33,34). The van der Waals surface area contributed by atoms with Crippen LogP contribution in [-0.2, 0) is 13.0 Å². The van der Waals surface area contributed by atoms with Crippen molar-refractivity contribution in [1.29, 1.82) is 0 Å². The number of aromatic carboxylic acids is 1. The maximum absolute atomic E-state index is 13.4. The molecule has 0 aliphatic heterocycles. The number of methoxy groups -OCH3 is 1. The summed E-state index contributed by atoms with van der Waals surface area (Å²) in [6.45, 7) is 0.960. The Hall–Kier alpha value is -4.38. The lowest BCUT2D eigenvalue weighted by Crippen LogP contribution is -2.32. The lowest BCUT2D eigenvalue weighted by Gasteiger charge is -2.24. The molecule has 1 N–H and O–H groups in total. The highest BCUT2D eigenvalue weighted by atomic mass is 16.5. The monoisotopic (exact) mass is 465 g/mol. The number of para-hydroxylation sites is 1.